The number of aromatic nitrogens is 2. The molecule has 0 unspecified atom stereocenters. The minimum Gasteiger partial charge on any atom is -0.267 e. The van der Waals surface area contributed by atoms with Gasteiger partial charge in [-0.05, 0) is 11.6 Å². The van der Waals surface area contributed by atoms with E-state index in [9.17, 15) is 4.79 Å². The van der Waals surface area contributed by atoms with E-state index in [4.69, 9.17) is 4.98 Å². The van der Waals surface area contributed by atoms with E-state index >= 15 is 0 Å². The second kappa shape index (κ2) is 6.91. The number of thiazole rings is 1. The maximum atomic E-state index is 13.3. The van der Waals surface area contributed by atoms with Gasteiger partial charge in [0, 0.05) is 11.1 Å². The van der Waals surface area contributed by atoms with Crippen molar-refractivity contribution in [3.05, 3.63) is 111 Å². The molecule has 0 bridgehead atoms. The van der Waals surface area contributed by atoms with E-state index in [1.165, 1.54) is 11.3 Å². The smallest absolute Gasteiger partial charge is 0.267 e. The molecule has 3 nitrogen and oxygen atoms in total. The molecule has 0 atom stereocenters. The Labute approximate surface area is 165 Å². The lowest BCUT2D eigenvalue weighted by atomic mass is 10.1. The highest BCUT2D eigenvalue weighted by molar-refractivity contribution is 7.15. The molecule has 0 N–H and O–H groups in total. The standard InChI is InChI=1S/C24H16N2OS/c27-23-20(16-17-10-4-1-5-11-17)28-24-25-21(18-12-6-2-7-13-18)22(26(23)24)19-14-8-3-9-15-19/h1-16H/b20-16+. The average Bonchev–Trinajstić information content (AvgIpc) is 3.27. The molecule has 2 heterocycles. The highest BCUT2D eigenvalue weighted by atomic mass is 32.1. The van der Waals surface area contributed by atoms with Crippen molar-refractivity contribution in [2.45, 2.75) is 0 Å². The fraction of sp³-hybridized carbons (Fsp3) is 0. The van der Waals surface area contributed by atoms with Gasteiger partial charge in [0.05, 0.1) is 15.9 Å². The van der Waals surface area contributed by atoms with Crippen LogP contribution in [0.4, 0.5) is 0 Å². The monoisotopic (exact) mass is 380 g/mol. The molecule has 0 saturated heterocycles. The van der Waals surface area contributed by atoms with Crippen LogP contribution in [0.5, 0.6) is 0 Å². The SMILES string of the molecule is O=c1/c(=C\c2ccccc2)sc2nc(-c3ccccc3)c(-c3ccccc3)n12. The first-order valence-electron chi connectivity index (χ1n) is 9.04. The van der Waals surface area contributed by atoms with E-state index in [0.29, 0.717) is 9.49 Å². The van der Waals surface area contributed by atoms with E-state index in [1.807, 2.05) is 97.1 Å². The number of hydrogen-bond donors (Lipinski definition) is 0. The largest absolute Gasteiger partial charge is 0.274 e. The lowest BCUT2D eigenvalue weighted by Crippen LogP contribution is -2.23. The first-order chi connectivity index (χ1) is 13.8. The van der Waals surface area contributed by atoms with Gasteiger partial charge in [0.15, 0.2) is 4.96 Å². The predicted octanol–water partition coefficient (Wildman–Crippen LogP) is 4.64. The molecule has 0 aliphatic heterocycles. The van der Waals surface area contributed by atoms with Crippen molar-refractivity contribution in [3.63, 3.8) is 0 Å². The number of benzene rings is 3. The summed E-state index contributed by atoms with van der Waals surface area (Å²) in [5.74, 6) is 0. The molecule has 4 heteroatoms. The topological polar surface area (TPSA) is 34.4 Å². The Morgan fingerprint density at radius 3 is 1.96 bits per heavy atom. The average molecular weight is 380 g/mol. The van der Waals surface area contributed by atoms with E-state index in [0.717, 1.165) is 28.1 Å². The summed E-state index contributed by atoms with van der Waals surface area (Å²) in [5.41, 5.74) is 4.64. The number of hydrogen-bond acceptors (Lipinski definition) is 3. The third-order valence-electron chi connectivity index (χ3n) is 4.65. The summed E-state index contributed by atoms with van der Waals surface area (Å²) < 4.78 is 2.43. The predicted molar refractivity (Wildman–Crippen MR) is 115 cm³/mol. The molecular weight excluding hydrogens is 364 g/mol. The van der Waals surface area contributed by atoms with E-state index < -0.39 is 0 Å². The van der Waals surface area contributed by atoms with Gasteiger partial charge in [0.1, 0.15) is 0 Å². The van der Waals surface area contributed by atoms with Gasteiger partial charge in [-0.2, -0.15) is 0 Å². The van der Waals surface area contributed by atoms with Crippen molar-refractivity contribution >= 4 is 22.4 Å². The number of imidazole rings is 1. The molecule has 5 aromatic rings. The maximum Gasteiger partial charge on any atom is 0.274 e. The third-order valence-corrected chi connectivity index (χ3v) is 5.62. The minimum atomic E-state index is -0.0302. The van der Waals surface area contributed by atoms with Crippen LogP contribution < -0.4 is 10.1 Å². The van der Waals surface area contributed by atoms with Gasteiger partial charge in [0.25, 0.3) is 5.56 Å². The van der Waals surface area contributed by atoms with Gasteiger partial charge in [-0.25, -0.2) is 9.38 Å². The second-order valence-electron chi connectivity index (χ2n) is 6.49. The summed E-state index contributed by atoms with van der Waals surface area (Å²) in [4.78, 5) is 18.8. The molecule has 134 valence electrons. The molecule has 0 amide bonds. The van der Waals surface area contributed by atoms with Gasteiger partial charge in [-0.1, -0.05) is 102 Å². The molecule has 0 aliphatic carbocycles. The number of nitrogens with zero attached hydrogens (tertiary/aromatic N) is 2. The fourth-order valence-electron chi connectivity index (χ4n) is 3.36. The van der Waals surface area contributed by atoms with Crippen LogP contribution in [0, 0.1) is 0 Å². The normalized spacial score (nSPS) is 11.9. The maximum absolute atomic E-state index is 13.3. The van der Waals surface area contributed by atoms with Gasteiger partial charge in [0.2, 0.25) is 0 Å². The zero-order valence-electron chi connectivity index (χ0n) is 14.9. The van der Waals surface area contributed by atoms with Crippen LogP contribution in [0.1, 0.15) is 5.56 Å². The van der Waals surface area contributed by atoms with E-state index in [2.05, 4.69) is 0 Å². The highest BCUT2D eigenvalue weighted by Crippen LogP contribution is 2.32. The third kappa shape index (κ3) is 2.84. The molecule has 3 aromatic carbocycles. The molecule has 2 aromatic heterocycles. The number of fused-ring (bicyclic) bond motifs is 1. The van der Waals surface area contributed by atoms with E-state index in [-0.39, 0.29) is 5.56 Å². The zero-order chi connectivity index (χ0) is 18.9. The van der Waals surface area contributed by atoms with Gasteiger partial charge in [-0.3, -0.25) is 4.79 Å². The van der Waals surface area contributed by atoms with Gasteiger partial charge in [-0.15, -0.1) is 0 Å². The summed E-state index contributed by atoms with van der Waals surface area (Å²) in [6.07, 6.45) is 1.93. The second-order valence-corrected chi connectivity index (χ2v) is 7.49. The molecule has 0 aliphatic rings. The summed E-state index contributed by atoms with van der Waals surface area (Å²) >= 11 is 1.43. The summed E-state index contributed by atoms with van der Waals surface area (Å²) in [7, 11) is 0. The summed E-state index contributed by atoms with van der Waals surface area (Å²) in [6, 6.07) is 29.9. The zero-order valence-corrected chi connectivity index (χ0v) is 15.8. The Kier molecular flexibility index (Phi) is 4.11. The van der Waals surface area contributed by atoms with Crippen molar-refractivity contribution < 1.29 is 0 Å². The Balaban J connectivity index is 1.82. The molecule has 5 rings (SSSR count). The fourth-order valence-corrected chi connectivity index (χ4v) is 4.33. The highest BCUT2D eigenvalue weighted by Gasteiger charge is 2.19. The van der Waals surface area contributed by atoms with Crippen molar-refractivity contribution in [2.75, 3.05) is 0 Å². The van der Waals surface area contributed by atoms with Crippen LogP contribution in [0.3, 0.4) is 0 Å². The van der Waals surface area contributed by atoms with Gasteiger partial charge < -0.3 is 0 Å². The van der Waals surface area contributed by atoms with Crippen LogP contribution >= 0.6 is 11.3 Å². The Hall–Kier alpha value is -3.50. The van der Waals surface area contributed by atoms with Crippen molar-refractivity contribution in [1.29, 1.82) is 0 Å². The van der Waals surface area contributed by atoms with Crippen LogP contribution in [-0.2, 0) is 0 Å². The van der Waals surface area contributed by atoms with E-state index in [1.54, 1.807) is 4.40 Å². The molecule has 0 radical (unpaired) electrons. The molecule has 0 spiro atoms. The van der Waals surface area contributed by atoms with Crippen LogP contribution in [-0.4, -0.2) is 9.38 Å². The number of rotatable bonds is 3. The van der Waals surface area contributed by atoms with Crippen LogP contribution in [0.25, 0.3) is 33.6 Å². The Morgan fingerprint density at radius 2 is 1.32 bits per heavy atom. The van der Waals surface area contributed by atoms with Crippen molar-refractivity contribution in [2.24, 2.45) is 0 Å². The Morgan fingerprint density at radius 1 is 0.750 bits per heavy atom. The van der Waals surface area contributed by atoms with Gasteiger partial charge >= 0.3 is 0 Å². The lowest BCUT2D eigenvalue weighted by Gasteiger charge is -2.04. The summed E-state index contributed by atoms with van der Waals surface area (Å²) in [5, 5.41) is 0. The first kappa shape index (κ1) is 16.7. The first-order valence-corrected chi connectivity index (χ1v) is 9.86. The van der Waals surface area contributed by atoms with Crippen molar-refractivity contribution in [3.8, 4) is 22.5 Å². The lowest BCUT2D eigenvalue weighted by molar-refractivity contribution is 1.15. The molecular formula is C24H16N2OS. The Bertz CT molecular complexity index is 1350. The summed E-state index contributed by atoms with van der Waals surface area (Å²) in [6.45, 7) is 0. The quantitative estimate of drug-likeness (QED) is 0.457. The minimum absolute atomic E-state index is 0.0302. The molecule has 0 saturated carbocycles. The van der Waals surface area contributed by atoms with Crippen molar-refractivity contribution in [1.82, 2.24) is 9.38 Å². The molecule has 0 fully saturated rings. The van der Waals surface area contributed by atoms with Crippen LogP contribution in [0.15, 0.2) is 95.8 Å². The molecule has 28 heavy (non-hydrogen) atoms. The van der Waals surface area contributed by atoms with Crippen LogP contribution in [0.2, 0.25) is 0 Å².